The summed E-state index contributed by atoms with van der Waals surface area (Å²) in [5.41, 5.74) is 0. The molecule has 0 spiro atoms. The van der Waals surface area contributed by atoms with Crippen LogP contribution in [0.25, 0.3) is 0 Å². The number of hydrogen-bond acceptors (Lipinski definition) is 6. The number of carbonyl (C=O) groups excluding carboxylic acids is 1. The van der Waals surface area contributed by atoms with E-state index in [0.29, 0.717) is 44.1 Å². The Morgan fingerprint density at radius 1 is 1.20 bits per heavy atom. The van der Waals surface area contributed by atoms with Gasteiger partial charge in [-0.1, -0.05) is 31.1 Å². The Kier molecular flexibility index (Phi) is 5.84. The molecule has 1 fully saturated rings. The fraction of sp³-hybridized carbons (Fsp3) is 0.524. The van der Waals surface area contributed by atoms with E-state index >= 15 is 0 Å². The molecular formula is C21H27N3O5S. The Balaban J connectivity index is 1.66. The van der Waals surface area contributed by atoms with Crippen molar-refractivity contribution < 1.29 is 22.5 Å². The molecule has 2 aliphatic heterocycles. The normalized spacial score (nSPS) is 23.8. The number of sulfonamides is 1. The summed E-state index contributed by atoms with van der Waals surface area (Å²) in [7, 11) is -3.71. The van der Waals surface area contributed by atoms with Gasteiger partial charge in [0, 0.05) is 32.1 Å². The van der Waals surface area contributed by atoms with E-state index in [4.69, 9.17) is 9.26 Å². The number of amides is 1. The van der Waals surface area contributed by atoms with Gasteiger partial charge in [0.2, 0.25) is 15.8 Å². The lowest BCUT2D eigenvalue weighted by atomic mass is 10.0. The summed E-state index contributed by atoms with van der Waals surface area (Å²) in [5, 5.41) is 3.61. The van der Waals surface area contributed by atoms with Gasteiger partial charge in [-0.2, -0.15) is 4.31 Å². The quantitative estimate of drug-likeness (QED) is 0.736. The zero-order chi connectivity index (χ0) is 21.3. The molecule has 1 aromatic carbocycles. The van der Waals surface area contributed by atoms with E-state index in [1.54, 1.807) is 33.5 Å². The Bertz CT molecular complexity index is 990. The first-order chi connectivity index (χ1) is 14.4. The SMILES string of the molecule is CC(C)CCN1[C@H]2CCN(C(=O)c3ccno3)CC[C@@H]2Oc2ccccc2S1(=O)=O. The summed E-state index contributed by atoms with van der Waals surface area (Å²) in [6, 6.07) is 8.02. The number of hydrogen-bond donors (Lipinski definition) is 0. The number of nitrogens with zero attached hydrogens (tertiary/aromatic N) is 3. The first-order valence-electron chi connectivity index (χ1n) is 10.4. The molecule has 0 bridgehead atoms. The Labute approximate surface area is 176 Å². The van der Waals surface area contributed by atoms with E-state index in [1.807, 2.05) is 0 Å². The fourth-order valence-corrected chi connectivity index (χ4v) is 5.93. The Morgan fingerprint density at radius 2 is 1.97 bits per heavy atom. The smallest absolute Gasteiger partial charge is 0.292 e. The molecule has 30 heavy (non-hydrogen) atoms. The van der Waals surface area contributed by atoms with Gasteiger partial charge in [0.1, 0.15) is 16.7 Å². The molecule has 9 heteroatoms. The van der Waals surface area contributed by atoms with Gasteiger partial charge in [0.15, 0.2) is 0 Å². The van der Waals surface area contributed by atoms with Gasteiger partial charge >= 0.3 is 0 Å². The number of carbonyl (C=O) groups is 1. The van der Waals surface area contributed by atoms with Crippen LogP contribution >= 0.6 is 0 Å². The van der Waals surface area contributed by atoms with Crippen LogP contribution < -0.4 is 4.74 Å². The Hall–Kier alpha value is -2.39. The molecule has 8 nitrogen and oxygen atoms in total. The molecule has 1 saturated heterocycles. The second-order valence-electron chi connectivity index (χ2n) is 8.21. The molecule has 2 atom stereocenters. The number of ether oxygens (including phenoxy) is 1. The molecule has 1 amide bonds. The van der Waals surface area contributed by atoms with Crippen LogP contribution in [-0.4, -0.2) is 60.5 Å². The third-order valence-electron chi connectivity index (χ3n) is 5.75. The number of benzene rings is 1. The molecular weight excluding hydrogens is 406 g/mol. The van der Waals surface area contributed by atoms with Crippen LogP contribution in [0.15, 0.2) is 45.9 Å². The zero-order valence-corrected chi connectivity index (χ0v) is 18.0. The molecule has 3 heterocycles. The molecule has 0 N–H and O–H groups in total. The van der Waals surface area contributed by atoms with Crippen molar-refractivity contribution in [1.29, 1.82) is 0 Å². The standard InChI is InChI=1S/C21H27N3O5S/c1-15(2)8-14-24-16-9-12-23(21(25)19-7-11-22-29-19)13-10-17(16)28-18-5-3-4-6-20(18)30(24,26)27/h3-7,11,15-17H,8-10,12-14H2,1-2H3/t16-,17-/m0/s1. The van der Waals surface area contributed by atoms with Gasteiger partial charge in [-0.3, -0.25) is 4.79 Å². The average Bonchev–Trinajstić information content (AvgIpc) is 3.15. The Morgan fingerprint density at radius 3 is 2.70 bits per heavy atom. The van der Waals surface area contributed by atoms with Crippen molar-refractivity contribution in [2.24, 2.45) is 5.92 Å². The average molecular weight is 434 g/mol. The highest BCUT2D eigenvalue weighted by molar-refractivity contribution is 7.89. The van der Waals surface area contributed by atoms with Crippen LogP contribution in [0.4, 0.5) is 0 Å². The lowest BCUT2D eigenvalue weighted by Gasteiger charge is -2.32. The van der Waals surface area contributed by atoms with Crippen LogP contribution in [0.2, 0.25) is 0 Å². The second-order valence-corrected chi connectivity index (χ2v) is 10.1. The van der Waals surface area contributed by atoms with Gasteiger partial charge in [0.25, 0.3) is 5.91 Å². The van der Waals surface area contributed by atoms with E-state index < -0.39 is 10.0 Å². The topological polar surface area (TPSA) is 92.9 Å². The molecule has 0 unspecified atom stereocenters. The lowest BCUT2D eigenvalue weighted by molar-refractivity contribution is 0.0713. The second kappa shape index (κ2) is 8.39. The maximum atomic E-state index is 13.5. The molecule has 162 valence electrons. The maximum absolute atomic E-state index is 13.5. The van der Waals surface area contributed by atoms with E-state index in [1.165, 1.54) is 12.3 Å². The lowest BCUT2D eigenvalue weighted by Crippen LogP contribution is -2.47. The van der Waals surface area contributed by atoms with Crippen molar-refractivity contribution in [1.82, 2.24) is 14.4 Å². The summed E-state index contributed by atoms with van der Waals surface area (Å²) in [4.78, 5) is 14.6. The molecule has 0 saturated carbocycles. The van der Waals surface area contributed by atoms with Crippen molar-refractivity contribution in [3.63, 3.8) is 0 Å². The van der Waals surface area contributed by atoms with E-state index in [0.717, 1.165) is 6.42 Å². The van der Waals surface area contributed by atoms with Crippen molar-refractivity contribution in [2.75, 3.05) is 19.6 Å². The minimum absolute atomic E-state index is 0.188. The number of aromatic nitrogens is 1. The van der Waals surface area contributed by atoms with Gasteiger partial charge in [-0.05, 0) is 30.9 Å². The molecule has 2 aromatic rings. The predicted octanol–water partition coefficient (Wildman–Crippen LogP) is 2.78. The van der Waals surface area contributed by atoms with Crippen LogP contribution in [0.5, 0.6) is 5.75 Å². The van der Waals surface area contributed by atoms with Crippen LogP contribution in [0, 0.1) is 5.92 Å². The van der Waals surface area contributed by atoms with Crippen LogP contribution in [0.3, 0.4) is 0 Å². The molecule has 0 radical (unpaired) electrons. The minimum atomic E-state index is -3.71. The summed E-state index contributed by atoms with van der Waals surface area (Å²) in [6.07, 6.45) is 2.89. The summed E-state index contributed by atoms with van der Waals surface area (Å²) in [6.45, 7) is 5.47. The maximum Gasteiger partial charge on any atom is 0.292 e. The zero-order valence-electron chi connectivity index (χ0n) is 17.2. The van der Waals surface area contributed by atoms with Crippen LogP contribution in [0.1, 0.15) is 43.7 Å². The molecule has 1 aromatic heterocycles. The van der Waals surface area contributed by atoms with Gasteiger partial charge in [0.05, 0.1) is 12.2 Å². The van der Waals surface area contributed by atoms with Gasteiger partial charge < -0.3 is 14.2 Å². The monoisotopic (exact) mass is 433 g/mol. The van der Waals surface area contributed by atoms with E-state index in [-0.39, 0.29) is 28.7 Å². The summed E-state index contributed by atoms with van der Waals surface area (Å²) >= 11 is 0. The minimum Gasteiger partial charge on any atom is -0.487 e. The van der Waals surface area contributed by atoms with E-state index in [9.17, 15) is 13.2 Å². The highest BCUT2D eigenvalue weighted by Gasteiger charge is 2.43. The number of fused-ring (bicyclic) bond motifs is 2. The summed E-state index contributed by atoms with van der Waals surface area (Å²) in [5.74, 6) is 0.705. The predicted molar refractivity (Wildman–Crippen MR) is 110 cm³/mol. The highest BCUT2D eigenvalue weighted by atomic mass is 32.2. The molecule has 4 rings (SSSR count). The van der Waals surface area contributed by atoms with Gasteiger partial charge in [-0.15, -0.1) is 0 Å². The first kappa shape index (κ1) is 20.9. The number of para-hydroxylation sites is 1. The van der Waals surface area contributed by atoms with Crippen molar-refractivity contribution in [3.05, 3.63) is 42.3 Å². The van der Waals surface area contributed by atoms with E-state index in [2.05, 4.69) is 19.0 Å². The third-order valence-corrected chi connectivity index (χ3v) is 7.72. The summed E-state index contributed by atoms with van der Waals surface area (Å²) < 4.78 is 40.0. The van der Waals surface area contributed by atoms with Crippen molar-refractivity contribution in [3.8, 4) is 5.75 Å². The number of likely N-dealkylation sites (tertiary alicyclic amines) is 1. The molecule has 2 aliphatic rings. The van der Waals surface area contributed by atoms with Gasteiger partial charge in [-0.25, -0.2) is 8.42 Å². The molecule has 0 aliphatic carbocycles. The number of rotatable bonds is 4. The fourth-order valence-electron chi connectivity index (χ4n) is 4.11. The van der Waals surface area contributed by atoms with Crippen molar-refractivity contribution in [2.45, 2.75) is 50.2 Å². The van der Waals surface area contributed by atoms with Crippen molar-refractivity contribution >= 4 is 15.9 Å². The first-order valence-corrected chi connectivity index (χ1v) is 11.8. The third kappa shape index (κ3) is 3.96. The largest absolute Gasteiger partial charge is 0.487 e. The highest BCUT2D eigenvalue weighted by Crippen LogP contribution is 2.36. The van der Waals surface area contributed by atoms with Crippen LogP contribution in [-0.2, 0) is 10.0 Å².